The zero-order valence-corrected chi connectivity index (χ0v) is 31.5. The van der Waals surface area contributed by atoms with E-state index in [-0.39, 0.29) is 79.6 Å². The van der Waals surface area contributed by atoms with Crippen LogP contribution in [-0.2, 0) is 21.4 Å². The van der Waals surface area contributed by atoms with Crippen LogP contribution in [0.2, 0.25) is 0 Å². The number of carboxylic acids is 1. The Morgan fingerprint density at radius 1 is 1.07 bits per heavy atom. The number of nitrogens with zero attached hydrogens (tertiary/aromatic N) is 3. The van der Waals surface area contributed by atoms with E-state index in [1.165, 1.54) is 15.2 Å². The van der Waals surface area contributed by atoms with E-state index in [1.807, 2.05) is 0 Å². The maximum Gasteiger partial charge on any atom is 0.417 e. The van der Waals surface area contributed by atoms with Gasteiger partial charge < -0.3 is 29.5 Å². The Morgan fingerprint density at radius 3 is 2.45 bits per heavy atom. The van der Waals surface area contributed by atoms with Crippen molar-refractivity contribution in [2.45, 2.75) is 94.6 Å². The molecular weight excluding hydrogens is 768 g/mol. The van der Waals surface area contributed by atoms with E-state index >= 15 is 0 Å². The number of aliphatic carboxylic acids is 1. The summed E-state index contributed by atoms with van der Waals surface area (Å²) >= 11 is 0.743. The molecule has 0 spiro atoms. The predicted molar refractivity (Wildman–Crippen MR) is 193 cm³/mol. The number of carbonyl (C=O) groups excluding carboxylic acids is 2. The van der Waals surface area contributed by atoms with Crippen LogP contribution in [0.4, 0.5) is 26.7 Å². The molecule has 4 heterocycles. The van der Waals surface area contributed by atoms with Gasteiger partial charge in [-0.1, -0.05) is 31.5 Å². The number of amides is 2. The fourth-order valence-corrected chi connectivity index (χ4v) is 8.99. The third-order valence-electron chi connectivity index (χ3n) is 11.1. The number of hydrogen-bond acceptors (Lipinski definition) is 8. The summed E-state index contributed by atoms with van der Waals surface area (Å²) in [6.07, 6.45) is -3.11. The number of thiophene rings is 1. The molecular formula is C39H45F6N3O7S. The number of benzene rings is 1. The van der Waals surface area contributed by atoms with Crippen molar-refractivity contribution >= 4 is 29.1 Å². The van der Waals surface area contributed by atoms with Gasteiger partial charge in [0.05, 0.1) is 40.2 Å². The minimum atomic E-state index is -4.86. The van der Waals surface area contributed by atoms with Crippen molar-refractivity contribution < 1.29 is 60.7 Å². The number of aromatic nitrogens is 1. The fourth-order valence-electron chi connectivity index (χ4n) is 8.34. The van der Waals surface area contributed by atoms with Gasteiger partial charge >= 0.3 is 12.1 Å². The lowest BCUT2D eigenvalue weighted by atomic mass is 9.78. The Labute approximate surface area is 324 Å². The molecule has 4 atom stereocenters. The molecule has 0 bridgehead atoms. The molecule has 2 N–H and O–H groups in total. The number of likely N-dealkylation sites (tertiary alicyclic amines) is 2. The molecule has 17 heteroatoms. The number of para-hydroxylation sites is 1. The van der Waals surface area contributed by atoms with Crippen LogP contribution >= 0.6 is 11.3 Å². The quantitative estimate of drug-likeness (QED) is 0.177. The van der Waals surface area contributed by atoms with Crippen molar-refractivity contribution in [2.24, 2.45) is 11.8 Å². The predicted octanol–water partition coefficient (Wildman–Crippen LogP) is 7.86. The maximum atomic E-state index is 15.0. The number of pyridine rings is 1. The number of carboxylic acid groups (broad SMARTS) is 1. The molecule has 3 aromatic rings. The summed E-state index contributed by atoms with van der Waals surface area (Å²) in [6.45, 7) is 2.19. The van der Waals surface area contributed by atoms with Gasteiger partial charge in [-0.05, 0) is 69.1 Å². The Morgan fingerprint density at radius 2 is 1.80 bits per heavy atom. The van der Waals surface area contributed by atoms with Crippen LogP contribution in [-0.4, -0.2) is 80.7 Å². The number of ether oxygens (including phenoxy) is 2. The van der Waals surface area contributed by atoms with Crippen molar-refractivity contribution in [3.63, 3.8) is 0 Å². The molecule has 2 aliphatic heterocycles. The highest BCUT2D eigenvalue weighted by molar-refractivity contribution is 7.10. The molecule has 306 valence electrons. The van der Waals surface area contributed by atoms with E-state index in [0.717, 1.165) is 35.9 Å². The number of aliphatic hydroxyl groups is 1. The molecule has 56 heavy (non-hydrogen) atoms. The molecule has 2 amide bonds. The molecule has 10 nitrogen and oxygen atoms in total. The van der Waals surface area contributed by atoms with Crippen molar-refractivity contribution in [2.75, 3.05) is 26.2 Å². The normalized spacial score (nSPS) is 23.8. The van der Waals surface area contributed by atoms with E-state index in [2.05, 4.69) is 4.98 Å². The average molecular weight is 814 g/mol. The first kappa shape index (κ1) is 42.8. The Bertz CT molecular complexity index is 1850. The van der Waals surface area contributed by atoms with E-state index in [9.17, 15) is 46.5 Å². The lowest BCUT2D eigenvalue weighted by Crippen LogP contribution is -2.68. The Kier molecular flexibility index (Phi) is 13.3. The molecule has 0 unspecified atom stereocenters. The number of piperidine rings is 2. The Hall–Kier alpha value is -4.38. The van der Waals surface area contributed by atoms with Gasteiger partial charge in [0.1, 0.15) is 11.5 Å². The molecule has 1 saturated carbocycles. The second-order valence-corrected chi connectivity index (χ2v) is 15.6. The summed E-state index contributed by atoms with van der Waals surface area (Å²) in [5, 5.41) is 22.8. The minimum absolute atomic E-state index is 0. The van der Waals surface area contributed by atoms with Crippen LogP contribution in [0, 0.1) is 11.8 Å². The SMILES string of the molecule is CCC[C@H]1N(C(=O)c2cnccc2C(F)(F)F)CCC[C@@]1(Oc1csc(C(F)F)c1)C(=O)N1CCC(O)(c2ccccc2OC[C@H]2CC[C@@H](C(=O)O)C2)CC1.F. The number of rotatable bonds is 12. The first-order chi connectivity index (χ1) is 26.2. The summed E-state index contributed by atoms with van der Waals surface area (Å²) < 4.78 is 82.2. The molecule has 1 aromatic carbocycles. The largest absolute Gasteiger partial charge is 0.493 e. The molecule has 2 aromatic heterocycles. The maximum absolute atomic E-state index is 15.0. The van der Waals surface area contributed by atoms with Crippen molar-refractivity contribution in [1.29, 1.82) is 0 Å². The summed E-state index contributed by atoms with van der Waals surface area (Å²) in [5.41, 5.74) is -4.58. The van der Waals surface area contributed by atoms with Crippen LogP contribution in [0.25, 0.3) is 0 Å². The number of halogens is 6. The zero-order chi connectivity index (χ0) is 39.5. The van der Waals surface area contributed by atoms with Gasteiger partial charge in [0, 0.05) is 49.4 Å². The van der Waals surface area contributed by atoms with Gasteiger partial charge in [0.25, 0.3) is 18.2 Å². The van der Waals surface area contributed by atoms with Gasteiger partial charge in [-0.25, -0.2) is 8.78 Å². The third kappa shape index (κ3) is 8.77. The lowest BCUT2D eigenvalue weighted by Gasteiger charge is -2.51. The van der Waals surface area contributed by atoms with Gasteiger partial charge in [-0.2, -0.15) is 13.2 Å². The van der Waals surface area contributed by atoms with Gasteiger partial charge in [-0.3, -0.25) is 24.1 Å². The van der Waals surface area contributed by atoms with Gasteiger partial charge in [-0.15, -0.1) is 11.3 Å². The summed E-state index contributed by atoms with van der Waals surface area (Å²) in [6, 6.07) is 7.80. The number of alkyl halides is 5. The minimum Gasteiger partial charge on any atom is -0.493 e. The molecule has 6 rings (SSSR count). The van der Waals surface area contributed by atoms with E-state index in [4.69, 9.17) is 9.47 Å². The van der Waals surface area contributed by atoms with E-state index in [0.29, 0.717) is 37.0 Å². The lowest BCUT2D eigenvalue weighted by molar-refractivity contribution is -0.163. The number of carbonyl (C=O) groups is 3. The third-order valence-corrected chi connectivity index (χ3v) is 12.1. The molecule has 0 radical (unpaired) electrons. The highest BCUT2D eigenvalue weighted by Gasteiger charge is 2.56. The molecule has 2 saturated heterocycles. The van der Waals surface area contributed by atoms with Crippen LogP contribution in [0.1, 0.15) is 97.5 Å². The highest BCUT2D eigenvalue weighted by atomic mass is 32.1. The van der Waals surface area contributed by atoms with Crippen LogP contribution < -0.4 is 9.47 Å². The summed E-state index contributed by atoms with van der Waals surface area (Å²) in [4.78, 5) is 46.7. The van der Waals surface area contributed by atoms with Gasteiger partial charge in [0.2, 0.25) is 5.60 Å². The summed E-state index contributed by atoms with van der Waals surface area (Å²) in [7, 11) is 0. The summed E-state index contributed by atoms with van der Waals surface area (Å²) in [5.74, 6) is -2.28. The molecule has 3 fully saturated rings. The number of hydrogen-bond donors (Lipinski definition) is 2. The topological polar surface area (TPSA) is 130 Å². The van der Waals surface area contributed by atoms with Crippen LogP contribution in [0.5, 0.6) is 11.5 Å². The van der Waals surface area contributed by atoms with E-state index < -0.39 is 64.7 Å². The Balaban J connectivity index is 0.00000600. The first-order valence-electron chi connectivity index (χ1n) is 18.5. The van der Waals surface area contributed by atoms with Crippen molar-refractivity contribution in [1.82, 2.24) is 14.8 Å². The fraction of sp³-hybridized carbons (Fsp3) is 0.538. The van der Waals surface area contributed by atoms with Crippen molar-refractivity contribution in [3.8, 4) is 11.5 Å². The molecule has 1 aliphatic carbocycles. The standard InChI is InChI=1S/C39H44F5N3O7S.FH/c1-2-6-32-38(54-26-20-31(33(40)41)55-23-26,12-5-16-47(32)34(48)27-21-45-15-11-28(27)39(42,43)44)36(51)46-17-13-37(52,14-18-46)29-7-3-4-8-30(29)53-22-24-9-10-25(19-24)35(49)50;/h3-4,7-8,11,15,20-21,23-25,32-33,52H,2,5-6,9-10,12-14,16-19,22H2,1H3,(H,49,50);1H/t24-,25+,32+,38-;/m0./s1. The van der Waals surface area contributed by atoms with Crippen molar-refractivity contribution in [3.05, 3.63) is 75.7 Å². The smallest absolute Gasteiger partial charge is 0.417 e. The second kappa shape index (κ2) is 17.4. The monoisotopic (exact) mass is 813 g/mol. The molecule has 3 aliphatic rings. The second-order valence-electron chi connectivity index (χ2n) is 14.6. The van der Waals surface area contributed by atoms with Crippen LogP contribution in [0.15, 0.2) is 54.2 Å². The first-order valence-corrected chi connectivity index (χ1v) is 19.4. The van der Waals surface area contributed by atoms with Gasteiger partial charge in [0.15, 0.2) is 0 Å². The van der Waals surface area contributed by atoms with Crippen LogP contribution in [0.3, 0.4) is 0 Å². The highest BCUT2D eigenvalue weighted by Crippen LogP contribution is 2.44. The average Bonchev–Trinajstić information content (AvgIpc) is 3.85. The zero-order valence-electron chi connectivity index (χ0n) is 30.7. The van der Waals surface area contributed by atoms with E-state index in [1.54, 1.807) is 31.2 Å².